The molecule has 1 amide bonds. The number of nitrogens with one attached hydrogen (secondary N) is 2. The van der Waals surface area contributed by atoms with Crippen LogP contribution in [0.25, 0.3) is 5.69 Å². The lowest BCUT2D eigenvalue weighted by Crippen LogP contribution is -2.33. The van der Waals surface area contributed by atoms with Crippen LogP contribution in [0.5, 0.6) is 5.75 Å². The Kier molecular flexibility index (Phi) is 7.57. The summed E-state index contributed by atoms with van der Waals surface area (Å²) in [5.74, 6) is -0.0667. The lowest BCUT2D eigenvalue weighted by Gasteiger charge is -2.29. The molecule has 2 aromatic carbocycles. The number of thiocarbonyl (C=S) groups is 1. The molecule has 0 radical (unpaired) electrons. The summed E-state index contributed by atoms with van der Waals surface area (Å²) in [7, 11) is 1.56. The molecule has 38 heavy (non-hydrogen) atoms. The quantitative estimate of drug-likeness (QED) is 0.276. The zero-order valence-electron chi connectivity index (χ0n) is 20.5. The third-order valence-corrected chi connectivity index (χ3v) is 7.07. The third-order valence-electron chi connectivity index (χ3n) is 6.42. The van der Waals surface area contributed by atoms with Crippen molar-refractivity contribution < 1.29 is 13.9 Å². The van der Waals surface area contributed by atoms with Crippen LogP contribution in [0.15, 0.2) is 85.2 Å². The molecule has 5 rings (SSSR count). The Hall–Kier alpha value is -3.95. The summed E-state index contributed by atoms with van der Waals surface area (Å²) in [6.07, 6.45) is 3.82. The molecule has 1 saturated heterocycles. The molecule has 0 aliphatic carbocycles. The van der Waals surface area contributed by atoms with E-state index in [0.29, 0.717) is 28.8 Å². The van der Waals surface area contributed by atoms with Crippen LogP contribution in [-0.2, 0) is 4.79 Å². The Morgan fingerprint density at radius 2 is 1.97 bits per heavy atom. The Bertz CT molecular complexity index is 1460. The van der Waals surface area contributed by atoms with Crippen LogP contribution >= 0.6 is 23.8 Å². The van der Waals surface area contributed by atoms with Crippen LogP contribution in [0.2, 0.25) is 5.02 Å². The van der Waals surface area contributed by atoms with Crippen molar-refractivity contribution in [2.75, 3.05) is 19.0 Å². The van der Waals surface area contributed by atoms with Crippen LogP contribution in [0.1, 0.15) is 29.9 Å². The minimum absolute atomic E-state index is 0.0355. The molecule has 1 fully saturated rings. The lowest BCUT2D eigenvalue weighted by molar-refractivity contribution is -0.116. The maximum atomic E-state index is 13.9. The zero-order chi connectivity index (χ0) is 26.6. The second-order valence-electron chi connectivity index (χ2n) is 8.72. The highest BCUT2D eigenvalue weighted by Crippen LogP contribution is 2.40. The maximum Gasteiger partial charge on any atom is 0.226 e. The highest BCUT2D eigenvalue weighted by Gasteiger charge is 2.41. The van der Waals surface area contributed by atoms with E-state index in [9.17, 15) is 9.18 Å². The van der Waals surface area contributed by atoms with E-state index in [4.69, 9.17) is 28.6 Å². The first-order valence-corrected chi connectivity index (χ1v) is 12.8. The molecule has 3 heterocycles. The van der Waals surface area contributed by atoms with Crippen molar-refractivity contribution in [3.8, 4) is 11.4 Å². The number of rotatable bonds is 8. The Morgan fingerprint density at radius 3 is 2.74 bits per heavy atom. The summed E-state index contributed by atoms with van der Waals surface area (Å²) in [5.41, 5.74) is 3.02. The average molecular weight is 550 g/mol. The predicted molar refractivity (Wildman–Crippen MR) is 149 cm³/mol. The van der Waals surface area contributed by atoms with Gasteiger partial charge in [-0.25, -0.2) is 4.39 Å². The standard InChI is InChI=1S/C28H25ClFN5O2S/c1-37-24-10-3-2-7-21(24)32-25(36)13-16-35-27(26(33-28(35)38)22-8-4-5-14-31-22)23-9-6-15-34(23)18-11-12-20(30)19(29)17-18/h2-12,14-15,17,26-27H,13,16H2,1H3,(H,32,36)(H,33,38). The number of pyridine rings is 1. The number of hydrogen-bond acceptors (Lipinski definition) is 4. The summed E-state index contributed by atoms with van der Waals surface area (Å²) in [6.45, 7) is 0.357. The third kappa shape index (κ3) is 5.20. The van der Waals surface area contributed by atoms with Gasteiger partial charge in [-0.2, -0.15) is 0 Å². The van der Waals surface area contributed by atoms with Gasteiger partial charge in [-0.3, -0.25) is 9.78 Å². The fourth-order valence-corrected chi connectivity index (χ4v) is 5.16. The number of ether oxygens (including phenoxy) is 1. The number of amides is 1. The van der Waals surface area contributed by atoms with Gasteiger partial charge in [0.2, 0.25) is 5.91 Å². The molecule has 194 valence electrons. The van der Waals surface area contributed by atoms with Crippen LogP contribution in [0.3, 0.4) is 0 Å². The minimum atomic E-state index is -0.484. The normalized spacial score (nSPS) is 16.8. The molecule has 2 aromatic heterocycles. The molecule has 4 aromatic rings. The van der Waals surface area contributed by atoms with Gasteiger partial charge in [0, 0.05) is 36.7 Å². The van der Waals surface area contributed by atoms with Crippen molar-refractivity contribution in [1.82, 2.24) is 19.8 Å². The van der Waals surface area contributed by atoms with E-state index in [1.165, 1.54) is 6.07 Å². The van der Waals surface area contributed by atoms with E-state index < -0.39 is 5.82 Å². The fourth-order valence-electron chi connectivity index (χ4n) is 4.66. The lowest BCUT2D eigenvalue weighted by atomic mass is 10.0. The van der Waals surface area contributed by atoms with Gasteiger partial charge >= 0.3 is 0 Å². The first-order valence-electron chi connectivity index (χ1n) is 12.0. The molecule has 1 aliphatic heterocycles. The summed E-state index contributed by atoms with van der Waals surface area (Å²) < 4.78 is 21.2. The van der Waals surface area contributed by atoms with Crippen molar-refractivity contribution >= 4 is 40.5 Å². The highest BCUT2D eigenvalue weighted by atomic mass is 35.5. The first kappa shape index (κ1) is 25.7. The molecule has 2 unspecified atom stereocenters. The number of aromatic nitrogens is 2. The van der Waals surface area contributed by atoms with E-state index in [1.54, 1.807) is 37.6 Å². The number of anilines is 1. The Balaban J connectivity index is 1.45. The van der Waals surface area contributed by atoms with Gasteiger partial charge in [0.05, 0.1) is 35.6 Å². The maximum absolute atomic E-state index is 13.9. The molecule has 1 aliphatic rings. The monoisotopic (exact) mass is 549 g/mol. The van der Waals surface area contributed by atoms with Crippen LogP contribution in [0.4, 0.5) is 10.1 Å². The molecule has 2 N–H and O–H groups in total. The number of carbonyl (C=O) groups is 1. The molecule has 10 heteroatoms. The van der Waals surface area contributed by atoms with Gasteiger partial charge < -0.3 is 24.8 Å². The molecular formula is C28H25ClFN5O2S. The molecular weight excluding hydrogens is 525 g/mol. The van der Waals surface area contributed by atoms with E-state index in [2.05, 4.69) is 15.6 Å². The molecule has 0 spiro atoms. The number of nitrogens with zero attached hydrogens (tertiary/aromatic N) is 3. The van der Waals surface area contributed by atoms with E-state index in [0.717, 1.165) is 11.4 Å². The van der Waals surface area contributed by atoms with Gasteiger partial charge in [0.1, 0.15) is 11.6 Å². The second kappa shape index (κ2) is 11.2. The number of halogens is 2. The van der Waals surface area contributed by atoms with Crippen LogP contribution < -0.4 is 15.4 Å². The van der Waals surface area contributed by atoms with Crippen molar-refractivity contribution in [1.29, 1.82) is 0 Å². The summed E-state index contributed by atoms with van der Waals surface area (Å²) in [4.78, 5) is 19.5. The Labute approximate surface area is 230 Å². The minimum Gasteiger partial charge on any atom is -0.495 e. The number of benzene rings is 2. The van der Waals surface area contributed by atoms with Gasteiger partial charge in [-0.05, 0) is 66.8 Å². The van der Waals surface area contributed by atoms with Crippen LogP contribution in [0, 0.1) is 5.82 Å². The fraction of sp³-hybridized carbons (Fsp3) is 0.179. The summed E-state index contributed by atoms with van der Waals surface area (Å²) >= 11 is 11.8. The van der Waals surface area contributed by atoms with E-state index in [1.807, 2.05) is 58.1 Å². The van der Waals surface area contributed by atoms with Crippen molar-refractivity contribution in [2.45, 2.75) is 18.5 Å². The van der Waals surface area contributed by atoms with E-state index in [-0.39, 0.29) is 29.4 Å². The summed E-state index contributed by atoms with van der Waals surface area (Å²) in [5, 5.41) is 6.86. The Morgan fingerprint density at radius 1 is 1.16 bits per heavy atom. The smallest absolute Gasteiger partial charge is 0.226 e. The summed E-state index contributed by atoms with van der Waals surface area (Å²) in [6, 6.07) is 20.9. The second-order valence-corrected chi connectivity index (χ2v) is 9.51. The van der Waals surface area contributed by atoms with Crippen LogP contribution in [-0.4, -0.2) is 39.1 Å². The van der Waals surface area contributed by atoms with Gasteiger partial charge in [0.15, 0.2) is 5.11 Å². The average Bonchev–Trinajstić information content (AvgIpc) is 3.54. The van der Waals surface area contributed by atoms with Crippen molar-refractivity contribution in [2.24, 2.45) is 0 Å². The molecule has 7 nitrogen and oxygen atoms in total. The molecule has 0 saturated carbocycles. The van der Waals surface area contributed by atoms with Crippen molar-refractivity contribution in [3.05, 3.63) is 107 Å². The molecule has 2 atom stereocenters. The van der Waals surface area contributed by atoms with Gasteiger partial charge in [-0.1, -0.05) is 29.8 Å². The number of carbonyl (C=O) groups excluding carboxylic acids is 1. The highest BCUT2D eigenvalue weighted by molar-refractivity contribution is 7.80. The number of hydrogen-bond donors (Lipinski definition) is 2. The van der Waals surface area contributed by atoms with Gasteiger partial charge in [0.25, 0.3) is 0 Å². The topological polar surface area (TPSA) is 71.4 Å². The van der Waals surface area contributed by atoms with Gasteiger partial charge in [-0.15, -0.1) is 0 Å². The first-order chi connectivity index (χ1) is 18.5. The van der Waals surface area contributed by atoms with E-state index >= 15 is 0 Å². The number of para-hydroxylation sites is 2. The zero-order valence-corrected chi connectivity index (χ0v) is 22.0. The largest absolute Gasteiger partial charge is 0.495 e. The SMILES string of the molecule is COc1ccccc1NC(=O)CCN1C(=S)NC(c2ccccn2)C1c1cccn1-c1ccc(F)c(Cl)c1. The molecule has 0 bridgehead atoms. The van der Waals surface area contributed by atoms with Crippen molar-refractivity contribution in [3.63, 3.8) is 0 Å². The number of methoxy groups -OCH3 is 1. The predicted octanol–water partition coefficient (Wildman–Crippen LogP) is 5.67.